The van der Waals surface area contributed by atoms with Crippen molar-refractivity contribution in [2.45, 2.75) is 31.8 Å². The smallest absolute Gasteiger partial charge is 0.242 e. The lowest BCUT2D eigenvalue weighted by Crippen LogP contribution is -2.49. The third-order valence-electron chi connectivity index (χ3n) is 3.73. The topological polar surface area (TPSA) is 61.4 Å². The van der Waals surface area contributed by atoms with Gasteiger partial charge in [0.1, 0.15) is 0 Å². The lowest BCUT2D eigenvalue weighted by molar-refractivity contribution is -0.132. The van der Waals surface area contributed by atoms with Crippen LogP contribution >= 0.6 is 0 Å². The molecule has 1 aromatic carbocycles. The highest BCUT2D eigenvalue weighted by molar-refractivity contribution is 5.87. The number of carbonyl (C=O) groups excluding carboxylic acids is 2. The van der Waals surface area contributed by atoms with Gasteiger partial charge in [-0.05, 0) is 24.9 Å². The molecule has 2 rings (SSSR count). The Morgan fingerprint density at radius 2 is 2.05 bits per heavy atom. The molecule has 5 nitrogen and oxygen atoms in total. The molecule has 1 aliphatic heterocycles. The second-order valence-electron chi connectivity index (χ2n) is 5.46. The zero-order chi connectivity index (χ0) is 15.1. The van der Waals surface area contributed by atoms with E-state index in [1.165, 1.54) is 0 Å². The predicted molar refractivity (Wildman–Crippen MR) is 81.6 cm³/mol. The average molecular weight is 289 g/mol. The number of piperidine rings is 1. The summed E-state index contributed by atoms with van der Waals surface area (Å²) >= 11 is 0. The number of nitrogens with zero attached hydrogens (tertiary/aromatic N) is 1. The standard InChI is InChI=1S/C16H23N3O2/c1-19(12-13-7-3-2-4-8-13)15(20)11-18-16(21)14-9-5-6-10-17-14/h2-4,7-8,14,17H,5-6,9-12H2,1H3,(H,18,21). The van der Waals surface area contributed by atoms with Crippen molar-refractivity contribution in [3.05, 3.63) is 35.9 Å². The molecule has 2 N–H and O–H groups in total. The van der Waals surface area contributed by atoms with Crippen LogP contribution in [0.15, 0.2) is 30.3 Å². The Hall–Kier alpha value is -1.88. The van der Waals surface area contributed by atoms with Crippen LogP contribution in [0.2, 0.25) is 0 Å². The predicted octanol–water partition coefficient (Wildman–Crippen LogP) is 0.903. The molecule has 1 atom stereocenters. The van der Waals surface area contributed by atoms with Crippen molar-refractivity contribution in [1.29, 1.82) is 0 Å². The van der Waals surface area contributed by atoms with E-state index >= 15 is 0 Å². The molecule has 0 bridgehead atoms. The molecule has 0 saturated carbocycles. The number of likely N-dealkylation sites (N-methyl/N-ethyl adjacent to an activating group) is 1. The molecule has 0 aromatic heterocycles. The van der Waals surface area contributed by atoms with Gasteiger partial charge in [0.15, 0.2) is 0 Å². The first kappa shape index (κ1) is 15.5. The van der Waals surface area contributed by atoms with Gasteiger partial charge in [-0.25, -0.2) is 0 Å². The van der Waals surface area contributed by atoms with Crippen LogP contribution in [0.4, 0.5) is 0 Å². The summed E-state index contributed by atoms with van der Waals surface area (Å²) in [7, 11) is 1.75. The highest BCUT2D eigenvalue weighted by Crippen LogP contribution is 2.07. The average Bonchev–Trinajstić information content (AvgIpc) is 2.54. The van der Waals surface area contributed by atoms with Crippen molar-refractivity contribution in [2.75, 3.05) is 20.1 Å². The molecule has 1 heterocycles. The number of hydrogen-bond donors (Lipinski definition) is 2. The summed E-state index contributed by atoms with van der Waals surface area (Å²) < 4.78 is 0. The lowest BCUT2D eigenvalue weighted by Gasteiger charge is -2.23. The highest BCUT2D eigenvalue weighted by atomic mass is 16.2. The van der Waals surface area contributed by atoms with Gasteiger partial charge in [0.05, 0.1) is 12.6 Å². The van der Waals surface area contributed by atoms with Crippen LogP contribution < -0.4 is 10.6 Å². The minimum atomic E-state index is -0.147. The van der Waals surface area contributed by atoms with Gasteiger partial charge < -0.3 is 15.5 Å². The van der Waals surface area contributed by atoms with Crippen LogP contribution in [0, 0.1) is 0 Å². The summed E-state index contributed by atoms with van der Waals surface area (Å²) in [5, 5.41) is 5.90. The van der Waals surface area contributed by atoms with Crippen LogP contribution in [-0.2, 0) is 16.1 Å². The number of hydrogen-bond acceptors (Lipinski definition) is 3. The monoisotopic (exact) mass is 289 g/mol. The van der Waals surface area contributed by atoms with E-state index in [4.69, 9.17) is 0 Å². The van der Waals surface area contributed by atoms with Gasteiger partial charge in [-0.2, -0.15) is 0 Å². The van der Waals surface area contributed by atoms with Crippen LogP contribution in [0.3, 0.4) is 0 Å². The Kier molecular flexibility index (Phi) is 5.75. The van der Waals surface area contributed by atoms with Crippen molar-refractivity contribution in [3.8, 4) is 0 Å². The Labute approximate surface area is 125 Å². The molecular weight excluding hydrogens is 266 g/mol. The van der Waals surface area contributed by atoms with Gasteiger partial charge >= 0.3 is 0 Å². The van der Waals surface area contributed by atoms with E-state index in [0.29, 0.717) is 6.54 Å². The van der Waals surface area contributed by atoms with E-state index in [1.54, 1.807) is 11.9 Å². The van der Waals surface area contributed by atoms with Gasteiger partial charge in [-0.3, -0.25) is 9.59 Å². The van der Waals surface area contributed by atoms with Crippen molar-refractivity contribution in [1.82, 2.24) is 15.5 Å². The van der Waals surface area contributed by atoms with Crippen molar-refractivity contribution in [3.63, 3.8) is 0 Å². The van der Waals surface area contributed by atoms with E-state index in [9.17, 15) is 9.59 Å². The van der Waals surface area contributed by atoms with E-state index < -0.39 is 0 Å². The maximum atomic E-state index is 12.0. The number of rotatable bonds is 5. The van der Waals surface area contributed by atoms with Crippen molar-refractivity contribution in [2.24, 2.45) is 0 Å². The van der Waals surface area contributed by atoms with Gasteiger partial charge in [-0.1, -0.05) is 36.8 Å². The molecule has 5 heteroatoms. The minimum absolute atomic E-state index is 0.0559. The first-order valence-corrected chi connectivity index (χ1v) is 7.46. The van der Waals surface area contributed by atoms with Crippen molar-refractivity contribution >= 4 is 11.8 Å². The molecule has 1 aromatic rings. The molecule has 0 aliphatic carbocycles. The molecule has 2 amide bonds. The number of benzene rings is 1. The Bertz CT molecular complexity index is 470. The number of amides is 2. The van der Waals surface area contributed by atoms with Gasteiger partial charge in [0, 0.05) is 13.6 Å². The van der Waals surface area contributed by atoms with E-state index in [0.717, 1.165) is 31.4 Å². The molecule has 0 spiro atoms. The molecule has 1 aliphatic rings. The van der Waals surface area contributed by atoms with Gasteiger partial charge in [-0.15, -0.1) is 0 Å². The summed E-state index contributed by atoms with van der Waals surface area (Å²) in [5.74, 6) is -0.154. The molecule has 114 valence electrons. The van der Waals surface area contributed by atoms with E-state index in [2.05, 4.69) is 10.6 Å². The third-order valence-corrected chi connectivity index (χ3v) is 3.73. The SMILES string of the molecule is CN(Cc1ccccc1)C(=O)CNC(=O)C1CCCCN1. The zero-order valence-corrected chi connectivity index (χ0v) is 12.5. The molecule has 21 heavy (non-hydrogen) atoms. The van der Waals surface area contributed by atoms with Crippen molar-refractivity contribution < 1.29 is 9.59 Å². The summed E-state index contributed by atoms with van der Waals surface area (Å²) in [6.07, 6.45) is 3.02. The van der Waals surface area contributed by atoms with Crippen LogP contribution in [0.1, 0.15) is 24.8 Å². The van der Waals surface area contributed by atoms with Crippen LogP contribution in [0.25, 0.3) is 0 Å². The normalized spacial score (nSPS) is 18.0. The summed E-state index contributed by atoms with van der Waals surface area (Å²) in [6, 6.07) is 9.66. The Morgan fingerprint density at radius 1 is 1.29 bits per heavy atom. The van der Waals surface area contributed by atoms with E-state index in [-0.39, 0.29) is 24.4 Å². The fourth-order valence-electron chi connectivity index (χ4n) is 2.44. The fraction of sp³-hybridized carbons (Fsp3) is 0.500. The van der Waals surface area contributed by atoms with Gasteiger partial charge in [0.25, 0.3) is 0 Å². The first-order valence-electron chi connectivity index (χ1n) is 7.46. The minimum Gasteiger partial charge on any atom is -0.346 e. The highest BCUT2D eigenvalue weighted by Gasteiger charge is 2.21. The zero-order valence-electron chi connectivity index (χ0n) is 12.5. The lowest BCUT2D eigenvalue weighted by atomic mass is 10.0. The molecular formula is C16H23N3O2. The largest absolute Gasteiger partial charge is 0.346 e. The Morgan fingerprint density at radius 3 is 2.71 bits per heavy atom. The molecule has 1 unspecified atom stereocenters. The Balaban J connectivity index is 1.74. The number of nitrogens with one attached hydrogen (secondary N) is 2. The number of carbonyl (C=O) groups is 2. The molecule has 1 fully saturated rings. The van der Waals surface area contributed by atoms with E-state index in [1.807, 2.05) is 30.3 Å². The maximum Gasteiger partial charge on any atom is 0.242 e. The second-order valence-corrected chi connectivity index (χ2v) is 5.46. The van der Waals surface area contributed by atoms with Crippen LogP contribution in [-0.4, -0.2) is 42.9 Å². The van der Waals surface area contributed by atoms with Crippen LogP contribution in [0.5, 0.6) is 0 Å². The summed E-state index contributed by atoms with van der Waals surface area (Å²) in [6.45, 7) is 1.48. The fourth-order valence-corrected chi connectivity index (χ4v) is 2.44. The maximum absolute atomic E-state index is 12.0. The second kappa shape index (κ2) is 7.78. The van der Waals surface area contributed by atoms with Gasteiger partial charge in [0.2, 0.25) is 11.8 Å². The summed E-state index contributed by atoms with van der Waals surface area (Å²) in [4.78, 5) is 25.6. The molecule has 0 radical (unpaired) electrons. The quantitative estimate of drug-likeness (QED) is 0.847. The third kappa shape index (κ3) is 4.86. The molecule has 1 saturated heterocycles. The summed E-state index contributed by atoms with van der Waals surface area (Å²) in [5.41, 5.74) is 1.08. The first-order chi connectivity index (χ1) is 10.2.